The fraction of sp³-hybridized carbons (Fsp3) is 0.857. The molecule has 0 spiro atoms. The minimum Gasteiger partial charge on any atom is -0.480 e. The number of hydrogen-bond acceptors (Lipinski definition) is 5. The Morgan fingerprint density at radius 2 is 2.19 bits per heavy atom. The lowest BCUT2D eigenvalue weighted by molar-refractivity contribution is -0.177. The monoisotopic (exact) mass is 300 g/mol. The maximum absolute atomic E-state index is 12.6. The zero-order chi connectivity index (χ0) is 15.8. The lowest BCUT2D eigenvalue weighted by Crippen LogP contribution is -2.80. The van der Waals surface area contributed by atoms with E-state index in [0.29, 0.717) is 6.61 Å². The topological polar surface area (TPSA) is 111 Å². The highest BCUT2D eigenvalue weighted by molar-refractivity contribution is 5.92. The zero-order valence-corrected chi connectivity index (χ0v) is 12.7. The molecule has 4 atom stereocenters. The number of fused-ring (bicyclic) bond motifs is 1. The fourth-order valence-corrected chi connectivity index (χ4v) is 3.62. The van der Waals surface area contributed by atoms with Gasteiger partial charge in [0.15, 0.2) is 0 Å². The molecular weight excluding hydrogens is 276 g/mol. The number of amides is 1. The predicted molar refractivity (Wildman–Crippen MR) is 74.6 cm³/mol. The average molecular weight is 300 g/mol. The number of carboxylic acids is 1. The van der Waals surface area contributed by atoms with E-state index >= 15 is 0 Å². The molecule has 1 amide bonds. The SMILES string of the molecule is COCCC(NC(=O)C1(N)C2CCOC2C1(C)C)C(=O)O. The molecule has 1 saturated heterocycles. The molecule has 7 nitrogen and oxygen atoms in total. The Morgan fingerprint density at radius 1 is 1.52 bits per heavy atom. The summed E-state index contributed by atoms with van der Waals surface area (Å²) in [6.45, 7) is 4.64. The number of carboxylic acid groups (broad SMARTS) is 1. The van der Waals surface area contributed by atoms with Gasteiger partial charge in [0.05, 0.1) is 6.10 Å². The van der Waals surface area contributed by atoms with Crippen molar-refractivity contribution in [2.24, 2.45) is 17.1 Å². The Morgan fingerprint density at radius 3 is 2.76 bits per heavy atom. The molecule has 0 radical (unpaired) electrons. The summed E-state index contributed by atoms with van der Waals surface area (Å²) in [5.74, 6) is -1.55. The van der Waals surface area contributed by atoms with E-state index < -0.39 is 28.9 Å². The van der Waals surface area contributed by atoms with Gasteiger partial charge in [-0.1, -0.05) is 13.8 Å². The maximum Gasteiger partial charge on any atom is 0.326 e. The first-order valence-corrected chi connectivity index (χ1v) is 7.20. The van der Waals surface area contributed by atoms with Crippen molar-refractivity contribution in [3.05, 3.63) is 0 Å². The molecule has 4 N–H and O–H groups in total. The Hall–Kier alpha value is -1.18. The van der Waals surface area contributed by atoms with Gasteiger partial charge in [-0.25, -0.2) is 4.79 Å². The van der Waals surface area contributed by atoms with Gasteiger partial charge in [0.1, 0.15) is 11.6 Å². The number of methoxy groups -OCH3 is 1. The van der Waals surface area contributed by atoms with Crippen molar-refractivity contribution >= 4 is 11.9 Å². The zero-order valence-electron chi connectivity index (χ0n) is 12.7. The average Bonchev–Trinajstić information content (AvgIpc) is 2.90. The molecule has 1 saturated carbocycles. The molecule has 1 heterocycles. The molecule has 2 fully saturated rings. The molecule has 0 aromatic carbocycles. The van der Waals surface area contributed by atoms with E-state index in [-0.39, 0.29) is 25.0 Å². The Kier molecular flexibility index (Phi) is 4.28. The molecule has 2 aliphatic rings. The standard InChI is InChI=1S/C14H24N2O5/c1-13(2)10-8(4-7-21-10)14(13,15)12(19)16-9(11(17)18)5-6-20-3/h8-10H,4-7,15H2,1-3H3,(H,16,19)(H,17,18). The minimum atomic E-state index is -1.09. The van der Waals surface area contributed by atoms with Crippen LogP contribution in [0.1, 0.15) is 26.7 Å². The van der Waals surface area contributed by atoms with Crippen molar-refractivity contribution in [3.63, 3.8) is 0 Å². The van der Waals surface area contributed by atoms with Crippen LogP contribution < -0.4 is 11.1 Å². The van der Waals surface area contributed by atoms with E-state index in [1.807, 2.05) is 13.8 Å². The molecule has 2 rings (SSSR count). The Labute approximate surface area is 124 Å². The molecule has 4 unspecified atom stereocenters. The molecule has 0 bridgehead atoms. The third-order valence-electron chi connectivity index (χ3n) is 5.04. The summed E-state index contributed by atoms with van der Waals surface area (Å²) in [5.41, 5.74) is 4.77. The fourth-order valence-electron chi connectivity index (χ4n) is 3.62. The normalized spacial score (nSPS) is 34.7. The summed E-state index contributed by atoms with van der Waals surface area (Å²) in [6, 6.07) is -0.991. The van der Waals surface area contributed by atoms with E-state index in [2.05, 4.69) is 5.32 Å². The smallest absolute Gasteiger partial charge is 0.326 e. The second kappa shape index (κ2) is 5.55. The molecule has 7 heteroatoms. The van der Waals surface area contributed by atoms with Crippen molar-refractivity contribution in [2.75, 3.05) is 20.3 Å². The van der Waals surface area contributed by atoms with E-state index in [9.17, 15) is 14.7 Å². The largest absolute Gasteiger partial charge is 0.480 e. The highest BCUT2D eigenvalue weighted by Gasteiger charge is 2.71. The number of aliphatic carboxylic acids is 1. The third-order valence-corrected chi connectivity index (χ3v) is 5.04. The van der Waals surface area contributed by atoms with Crippen molar-refractivity contribution in [3.8, 4) is 0 Å². The molecule has 1 aliphatic carbocycles. The first kappa shape index (κ1) is 16.2. The van der Waals surface area contributed by atoms with Crippen LogP contribution in [0.3, 0.4) is 0 Å². The maximum atomic E-state index is 12.6. The summed E-state index contributed by atoms with van der Waals surface area (Å²) >= 11 is 0. The highest BCUT2D eigenvalue weighted by Crippen LogP contribution is 2.58. The number of nitrogens with one attached hydrogen (secondary N) is 1. The van der Waals surface area contributed by atoms with Crippen LogP contribution in [0.15, 0.2) is 0 Å². The van der Waals surface area contributed by atoms with Gasteiger partial charge in [-0.05, 0) is 6.42 Å². The summed E-state index contributed by atoms with van der Waals surface area (Å²) in [5, 5.41) is 11.7. The van der Waals surface area contributed by atoms with Crippen LogP contribution in [0.4, 0.5) is 0 Å². The van der Waals surface area contributed by atoms with E-state index in [1.165, 1.54) is 7.11 Å². The van der Waals surface area contributed by atoms with Gasteiger partial charge < -0.3 is 25.6 Å². The lowest BCUT2D eigenvalue weighted by Gasteiger charge is -2.60. The molecule has 0 aromatic heterocycles. The summed E-state index contributed by atoms with van der Waals surface area (Å²) < 4.78 is 10.5. The molecule has 0 aromatic rings. The highest BCUT2D eigenvalue weighted by atomic mass is 16.5. The first-order valence-electron chi connectivity index (χ1n) is 7.20. The van der Waals surface area contributed by atoms with Crippen molar-refractivity contribution in [2.45, 2.75) is 44.4 Å². The number of nitrogens with two attached hydrogens (primary N) is 1. The van der Waals surface area contributed by atoms with Gasteiger partial charge in [0.25, 0.3) is 0 Å². The van der Waals surface area contributed by atoms with Crippen molar-refractivity contribution in [1.29, 1.82) is 0 Å². The molecule has 21 heavy (non-hydrogen) atoms. The van der Waals surface area contributed by atoms with Crippen LogP contribution in [0.25, 0.3) is 0 Å². The van der Waals surface area contributed by atoms with Gasteiger partial charge in [0.2, 0.25) is 5.91 Å². The summed E-state index contributed by atoms with van der Waals surface area (Å²) in [4.78, 5) is 23.8. The number of carbonyl (C=O) groups excluding carboxylic acids is 1. The van der Waals surface area contributed by atoms with Gasteiger partial charge >= 0.3 is 5.97 Å². The van der Waals surface area contributed by atoms with Crippen molar-refractivity contribution < 1.29 is 24.2 Å². The molecular formula is C14H24N2O5. The van der Waals surface area contributed by atoms with Gasteiger partial charge in [0, 0.05) is 38.1 Å². The van der Waals surface area contributed by atoms with Crippen LogP contribution in [-0.4, -0.2) is 55.0 Å². The van der Waals surface area contributed by atoms with E-state index in [0.717, 1.165) is 6.42 Å². The minimum absolute atomic E-state index is 0.0319. The summed E-state index contributed by atoms with van der Waals surface area (Å²) in [6.07, 6.45) is 0.905. The van der Waals surface area contributed by atoms with Crippen LogP contribution in [0.5, 0.6) is 0 Å². The van der Waals surface area contributed by atoms with Crippen LogP contribution in [-0.2, 0) is 19.1 Å². The molecule has 120 valence electrons. The van der Waals surface area contributed by atoms with Gasteiger partial charge in [-0.15, -0.1) is 0 Å². The van der Waals surface area contributed by atoms with Crippen LogP contribution >= 0.6 is 0 Å². The second-order valence-corrected chi connectivity index (χ2v) is 6.42. The molecule has 1 aliphatic heterocycles. The Balaban J connectivity index is 2.09. The van der Waals surface area contributed by atoms with Crippen LogP contribution in [0, 0.1) is 11.3 Å². The predicted octanol–water partition coefficient (Wildman–Crippen LogP) is -0.265. The van der Waals surface area contributed by atoms with E-state index in [1.54, 1.807) is 0 Å². The Bertz CT molecular complexity index is 439. The number of ether oxygens (including phenoxy) is 2. The van der Waals surface area contributed by atoms with Gasteiger partial charge in [-0.2, -0.15) is 0 Å². The summed E-state index contributed by atoms with van der Waals surface area (Å²) in [7, 11) is 1.49. The third kappa shape index (κ3) is 2.33. The number of hydrogen-bond donors (Lipinski definition) is 3. The van der Waals surface area contributed by atoms with E-state index in [4.69, 9.17) is 15.2 Å². The quantitative estimate of drug-likeness (QED) is 0.623. The van der Waals surface area contributed by atoms with Crippen LogP contribution in [0.2, 0.25) is 0 Å². The first-order chi connectivity index (χ1) is 9.76. The second-order valence-electron chi connectivity index (χ2n) is 6.42. The van der Waals surface area contributed by atoms with Crippen molar-refractivity contribution in [1.82, 2.24) is 5.32 Å². The van der Waals surface area contributed by atoms with Gasteiger partial charge in [-0.3, -0.25) is 4.79 Å². The number of rotatable bonds is 6. The lowest BCUT2D eigenvalue weighted by atomic mass is 9.48. The number of carbonyl (C=O) groups is 2.